The summed E-state index contributed by atoms with van der Waals surface area (Å²) in [4.78, 5) is 17.5. The number of anilines is 1. The summed E-state index contributed by atoms with van der Waals surface area (Å²) in [5, 5.41) is 6.68. The fourth-order valence-electron chi connectivity index (χ4n) is 2.53. The first kappa shape index (κ1) is 14.8. The van der Waals surface area contributed by atoms with Crippen molar-refractivity contribution >= 4 is 34.0 Å². The van der Waals surface area contributed by atoms with Gasteiger partial charge in [-0.3, -0.25) is 9.63 Å². The number of benzene rings is 2. The molecule has 2 N–H and O–H groups in total. The molecule has 1 saturated carbocycles. The number of hydrogen-bond donors (Lipinski definition) is 2. The average molecular weight is 326 g/mol. The number of hydrogen-bond acceptors (Lipinski definition) is 5. The Morgan fingerprint density at radius 1 is 1.13 bits per heavy atom. The topological polar surface area (TPSA) is 50.4 Å². The van der Waals surface area contributed by atoms with Gasteiger partial charge in [0.25, 0.3) is 0 Å². The van der Waals surface area contributed by atoms with Crippen molar-refractivity contribution in [2.45, 2.75) is 18.9 Å². The maximum Gasteiger partial charge on any atom is 0.174 e. The second-order valence-corrected chi connectivity index (χ2v) is 6.87. The summed E-state index contributed by atoms with van der Waals surface area (Å²) in [6, 6.07) is 14.9. The van der Waals surface area contributed by atoms with Gasteiger partial charge in [0.1, 0.15) is 0 Å². The molecule has 1 aliphatic heterocycles. The Morgan fingerprint density at radius 3 is 2.78 bits per heavy atom. The fraction of sp³-hybridized carbons (Fsp3) is 0.278. The van der Waals surface area contributed by atoms with Crippen LogP contribution in [0.15, 0.2) is 53.1 Å². The third-order valence-electron chi connectivity index (χ3n) is 4.01. The first-order valence-electron chi connectivity index (χ1n) is 7.82. The van der Waals surface area contributed by atoms with E-state index >= 15 is 0 Å². The van der Waals surface area contributed by atoms with E-state index in [1.54, 1.807) is 11.8 Å². The smallest absolute Gasteiger partial charge is 0.174 e. The lowest BCUT2D eigenvalue weighted by Crippen LogP contribution is -2.21. The number of nitrogens with one attached hydrogen (secondary N) is 2. The summed E-state index contributed by atoms with van der Waals surface area (Å²) in [6.45, 7) is 0.318. The Kier molecular flexibility index (Phi) is 4.08. The molecule has 0 radical (unpaired) electrons. The van der Waals surface area contributed by atoms with E-state index in [0.717, 1.165) is 29.1 Å². The van der Waals surface area contributed by atoms with Gasteiger partial charge in [0.15, 0.2) is 5.78 Å². The zero-order chi connectivity index (χ0) is 15.6. The summed E-state index contributed by atoms with van der Waals surface area (Å²) < 4.78 is 0. The number of thioether (sulfide) groups is 1. The molecule has 118 valence electrons. The monoisotopic (exact) mass is 326 g/mol. The Bertz CT molecular complexity index is 783. The third-order valence-corrected chi connectivity index (χ3v) is 5.05. The number of rotatable bonds is 6. The van der Waals surface area contributed by atoms with Gasteiger partial charge in [-0.1, -0.05) is 42.1 Å². The summed E-state index contributed by atoms with van der Waals surface area (Å²) in [7, 11) is 0. The molecule has 0 amide bonds. The fourth-order valence-corrected chi connectivity index (χ4v) is 3.51. The number of hydroxylamine groups is 1. The van der Waals surface area contributed by atoms with Crippen LogP contribution in [0.1, 0.15) is 12.8 Å². The largest absolute Gasteiger partial charge is 0.350 e. The Balaban J connectivity index is 1.51. The standard InChI is InChI=1S/C18H18N2O2S/c21-17-11-23-18(16(17)10-22-20-14-7-8-14)19-15-6-5-12-3-1-2-4-13(12)9-15/h1-6,9,14,19-20H,7-8,10-11H2. The number of carbonyl (C=O) groups excluding carboxylic acids is 1. The number of carbonyl (C=O) groups is 1. The van der Waals surface area contributed by atoms with E-state index in [-0.39, 0.29) is 5.78 Å². The number of fused-ring (bicyclic) bond motifs is 1. The average Bonchev–Trinajstić information content (AvgIpc) is 3.33. The SMILES string of the molecule is O=C1CSC(Nc2ccc3ccccc3c2)=C1CONC1CC1. The van der Waals surface area contributed by atoms with Gasteiger partial charge in [-0.25, -0.2) is 0 Å². The predicted molar refractivity (Wildman–Crippen MR) is 94.2 cm³/mol. The molecule has 0 aromatic heterocycles. The maximum atomic E-state index is 12.1. The number of Topliss-reactive ketones (excluding diaryl/α,β-unsaturated/α-hetero) is 1. The summed E-state index contributed by atoms with van der Waals surface area (Å²) >= 11 is 1.54. The first-order valence-corrected chi connectivity index (χ1v) is 8.80. The second-order valence-electron chi connectivity index (χ2n) is 5.89. The van der Waals surface area contributed by atoms with Crippen molar-refractivity contribution in [2.24, 2.45) is 0 Å². The van der Waals surface area contributed by atoms with Crippen LogP contribution in [0.25, 0.3) is 10.8 Å². The van der Waals surface area contributed by atoms with Crippen molar-refractivity contribution in [3.63, 3.8) is 0 Å². The minimum absolute atomic E-state index is 0.149. The van der Waals surface area contributed by atoms with Crippen LogP contribution in [0.2, 0.25) is 0 Å². The van der Waals surface area contributed by atoms with Gasteiger partial charge in [-0.2, -0.15) is 5.48 Å². The van der Waals surface area contributed by atoms with Gasteiger partial charge in [0, 0.05) is 11.7 Å². The molecule has 2 aromatic carbocycles. The van der Waals surface area contributed by atoms with E-state index in [0.29, 0.717) is 18.4 Å². The van der Waals surface area contributed by atoms with Crippen LogP contribution >= 0.6 is 11.8 Å². The highest BCUT2D eigenvalue weighted by atomic mass is 32.2. The third kappa shape index (κ3) is 3.42. The van der Waals surface area contributed by atoms with Gasteiger partial charge in [-0.15, -0.1) is 0 Å². The molecule has 0 atom stereocenters. The highest BCUT2D eigenvalue weighted by Gasteiger charge is 2.26. The van der Waals surface area contributed by atoms with E-state index in [4.69, 9.17) is 4.84 Å². The maximum absolute atomic E-state index is 12.1. The molecule has 1 aliphatic carbocycles. The number of ketones is 1. The van der Waals surface area contributed by atoms with Gasteiger partial charge < -0.3 is 5.32 Å². The van der Waals surface area contributed by atoms with E-state index in [2.05, 4.69) is 35.1 Å². The van der Waals surface area contributed by atoms with Gasteiger partial charge in [-0.05, 0) is 35.7 Å². The van der Waals surface area contributed by atoms with Crippen LogP contribution in [0.3, 0.4) is 0 Å². The summed E-state index contributed by atoms with van der Waals surface area (Å²) in [5.74, 6) is 0.633. The van der Waals surface area contributed by atoms with Gasteiger partial charge >= 0.3 is 0 Å². The van der Waals surface area contributed by atoms with Crippen molar-refractivity contribution in [1.82, 2.24) is 5.48 Å². The minimum Gasteiger partial charge on any atom is -0.350 e. The van der Waals surface area contributed by atoms with Crippen molar-refractivity contribution in [3.8, 4) is 0 Å². The summed E-state index contributed by atoms with van der Waals surface area (Å²) in [6.07, 6.45) is 2.31. The van der Waals surface area contributed by atoms with Crippen LogP contribution in [0.5, 0.6) is 0 Å². The van der Waals surface area contributed by atoms with Gasteiger partial charge in [0.05, 0.1) is 23.0 Å². The molecular weight excluding hydrogens is 308 g/mol. The molecule has 0 saturated heterocycles. The van der Waals surface area contributed by atoms with Crippen molar-refractivity contribution in [1.29, 1.82) is 0 Å². The van der Waals surface area contributed by atoms with E-state index in [1.165, 1.54) is 10.8 Å². The minimum atomic E-state index is 0.149. The molecule has 4 nitrogen and oxygen atoms in total. The van der Waals surface area contributed by atoms with E-state index < -0.39 is 0 Å². The van der Waals surface area contributed by atoms with Gasteiger partial charge in [0.2, 0.25) is 0 Å². The van der Waals surface area contributed by atoms with E-state index in [1.807, 2.05) is 18.2 Å². The van der Waals surface area contributed by atoms with Crippen molar-refractivity contribution < 1.29 is 9.63 Å². The van der Waals surface area contributed by atoms with Crippen LogP contribution in [0.4, 0.5) is 5.69 Å². The highest BCUT2D eigenvalue weighted by molar-refractivity contribution is 8.04. The molecule has 2 aliphatic rings. The van der Waals surface area contributed by atoms with Crippen molar-refractivity contribution in [2.75, 3.05) is 17.7 Å². The molecule has 4 rings (SSSR count). The zero-order valence-electron chi connectivity index (χ0n) is 12.7. The highest BCUT2D eigenvalue weighted by Crippen LogP contribution is 2.31. The first-order chi connectivity index (χ1) is 11.3. The molecule has 5 heteroatoms. The van der Waals surface area contributed by atoms with E-state index in [9.17, 15) is 4.79 Å². The normalized spacial score (nSPS) is 18.0. The van der Waals surface area contributed by atoms with Crippen molar-refractivity contribution in [3.05, 3.63) is 53.1 Å². The Hall–Kier alpha value is -1.82. The second kappa shape index (κ2) is 6.35. The van der Waals surface area contributed by atoms with Crippen LogP contribution < -0.4 is 10.8 Å². The van der Waals surface area contributed by atoms with Crippen LogP contribution in [-0.4, -0.2) is 24.2 Å². The Labute approximate surface area is 139 Å². The molecule has 0 spiro atoms. The molecule has 2 aromatic rings. The lowest BCUT2D eigenvalue weighted by molar-refractivity contribution is -0.114. The molecule has 1 heterocycles. The molecular formula is C18H18N2O2S. The molecule has 0 unspecified atom stereocenters. The van der Waals surface area contributed by atoms with Crippen LogP contribution in [0, 0.1) is 0 Å². The lowest BCUT2D eigenvalue weighted by Gasteiger charge is -2.10. The zero-order valence-corrected chi connectivity index (χ0v) is 13.5. The lowest BCUT2D eigenvalue weighted by atomic mass is 10.1. The Morgan fingerprint density at radius 2 is 1.96 bits per heavy atom. The molecule has 23 heavy (non-hydrogen) atoms. The molecule has 0 bridgehead atoms. The van der Waals surface area contributed by atoms with Crippen LogP contribution in [-0.2, 0) is 9.63 Å². The predicted octanol–water partition coefficient (Wildman–Crippen LogP) is 3.46. The quantitative estimate of drug-likeness (QED) is 0.796. The summed E-state index contributed by atoms with van der Waals surface area (Å²) in [5.41, 5.74) is 4.72. The molecule has 1 fully saturated rings.